The molecule has 1 aliphatic rings. The zero-order valence-electron chi connectivity index (χ0n) is 17.8. The Morgan fingerprint density at radius 2 is 1.87 bits per heavy atom. The highest BCUT2D eigenvalue weighted by Crippen LogP contribution is 2.24. The van der Waals surface area contributed by atoms with Crippen LogP contribution in [0.15, 0.2) is 42.6 Å². The van der Waals surface area contributed by atoms with Gasteiger partial charge < -0.3 is 9.64 Å². The van der Waals surface area contributed by atoms with Crippen LogP contribution in [0.4, 0.5) is 10.1 Å². The number of pyridine rings is 1. The molecule has 1 aromatic carbocycles. The number of hydrogen-bond donors (Lipinski definition) is 0. The van der Waals surface area contributed by atoms with Gasteiger partial charge in [-0.25, -0.2) is 17.8 Å². The molecule has 1 fully saturated rings. The lowest BCUT2D eigenvalue weighted by Gasteiger charge is -2.31. The molecular weight excluding hydrogens is 421 g/mol. The number of sulfonamides is 1. The van der Waals surface area contributed by atoms with Crippen molar-refractivity contribution in [3.8, 4) is 5.88 Å². The number of halogens is 1. The minimum atomic E-state index is -3.57. The van der Waals surface area contributed by atoms with Crippen LogP contribution in [0, 0.1) is 5.82 Å². The summed E-state index contributed by atoms with van der Waals surface area (Å²) in [6.45, 7) is 4.76. The maximum absolute atomic E-state index is 13.2. The molecule has 0 unspecified atom stereocenters. The highest BCUT2D eigenvalue weighted by molar-refractivity contribution is 7.92. The summed E-state index contributed by atoms with van der Waals surface area (Å²) < 4.78 is 46.1. The standard InChI is InChI=1S/C22H28FN3O4S/c1-3-14-31(28,29)26(16-18-4-6-19(23)7-5-18)20-8-9-22(24-15-20)30-21-10-12-25(13-11-21)17(2)27/h4-9,15,21H,3,10-14,16H2,1-2H3. The van der Waals surface area contributed by atoms with Crippen LogP contribution in [0.2, 0.25) is 0 Å². The Balaban J connectivity index is 1.72. The zero-order chi connectivity index (χ0) is 22.4. The molecule has 1 saturated heterocycles. The van der Waals surface area contributed by atoms with Crippen LogP contribution in [0.1, 0.15) is 38.7 Å². The van der Waals surface area contributed by atoms with Crippen molar-refractivity contribution in [2.45, 2.75) is 45.8 Å². The molecule has 0 bridgehead atoms. The molecule has 0 aliphatic carbocycles. The Kier molecular flexibility index (Phi) is 7.48. The largest absolute Gasteiger partial charge is 0.474 e. The molecule has 0 saturated carbocycles. The molecule has 0 atom stereocenters. The fourth-order valence-electron chi connectivity index (χ4n) is 3.52. The van der Waals surface area contributed by atoms with Gasteiger partial charge in [-0.05, 0) is 30.2 Å². The predicted octanol–water partition coefficient (Wildman–Crippen LogP) is 3.36. The zero-order valence-corrected chi connectivity index (χ0v) is 18.6. The van der Waals surface area contributed by atoms with E-state index < -0.39 is 10.0 Å². The lowest BCUT2D eigenvalue weighted by molar-refractivity contribution is -0.130. The average Bonchev–Trinajstić information content (AvgIpc) is 2.74. The summed E-state index contributed by atoms with van der Waals surface area (Å²) in [5.74, 6) is 0.111. The monoisotopic (exact) mass is 449 g/mol. The molecule has 31 heavy (non-hydrogen) atoms. The van der Waals surface area contributed by atoms with Gasteiger partial charge >= 0.3 is 0 Å². The van der Waals surface area contributed by atoms with Crippen LogP contribution < -0.4 is 9.04 Å². The summed E-state index contributed by atoms with van der Waals surface area (Å²) in [7, 11) is -3.57. The topological polar surface area (TPSA) is 79.8 Å². The SMILES string of the molecule is CCCS(=O)(=O)N(Cc1ccc(F)cc1)c1ccc(OC2CCN(C(C)=O)CC2)nc1. The number of benzene rings is 1. The van der Waals surface area contributed by atoms with Crippen LogP contribution in [-0.2, 0) is 21.4 Å². The number of likely N-dealkylation sites (tertiary alicyclic amines) is 1. The molecule has 3 rings (SSSR count). The molecule has 1 amide bonds. The third kappa shape index (κ3) is 6.16. The molecule has 7 nitrogen and oxygen atoms in total. The third-order valence-corrected chi connectivity index (χ3v) is 7.16. The van der Waals surface area contributed by atoms with Gasteiger partial charge in [-0.1, -0.05) is 19.1 Å². The van der Waals surface area contributed by atoms with E-state index in [9.17, 15) is 17.6 Å². The second-order valence-electron chi connectivity index (χ2n) is 7.63. The number of nitrogens with zero attached hydrogens (tertiary/aromatic N) is 3. The molecule has 0 N–H and O–H groups in total. The van der Waals surface area contributed by atoms with E-state index in [0.29, 0.717) is 36.6 Å². The summed E-state index contributed by atoms with van der Waals surface area (Å²) in [5.41, 5.74) is 1.11. The van der Waals surface area contributed by atoms with Gasteiger partial charge in [0.2, 0.25) is 21.8 Å². The maximum Gasteiger partial charge on any atom is 0.235 e. The molecular formula is C22H28FN3O4S. The molecule has 9 heteroatoms. The fraction of sp³-hybridized carbons (Fsp3) is 0.455. The highest BCUT2D eigenvalue weighted by atomic mass is 32.2. The predicted molar refractivity (Wildman–Crippen MR) is 117 cm³/mol. The van der Waals surface area contributed by atoms with E-state index in [-0.39, 0.29) is 30.1 Å². The van der Waals surface area contributed by atoms with Gasteiger partial charge in [0, 0.05) is 38.9 Å². The number of hydrogen-bond acceptors (Lipinski definition) is 5. The normalized spacial score (nSPS) is 15.0. The van der Waals surface area contributed by atoms with E-state index in [1.807, 2.05) is 0 Å². The quantitative estimate of drug-likeness (QED) is 0.617. The molecule has 1 aliphatic heterocycles. The van der Waals surface area contributed by atoms with Gasteiger partial charge in [0.15, 0.2) is 0 Å². The number of anilines is 1. The van der Waals surface area contributed by atoms with E-state index >= 15 is 0 Å². The van der Waals surface area contributed by atoms with Crippen LogP contribution in [-0.4, -0.2) is 49.2 Å². The lowest BCUT2D eigenvalue weighted by atomic mass is 10.1. The van der Waals surface area contributed by atoms with Crippen molar-refractivity contribution in [2.75, 3.05) is 23.1 Å². The summed E-state index contributed by atoms with van der Waals surface area (Å²) in [6, 6.07) is 9.10. The third-order valence-electron chi connectivity index (χ3n) is 5.22. The Labute approximate surface area is 182 Å². The van der Waals surface area contributed by atoms with Gasteiger partial charge in [0.1, 0.15) is 11.9 Å². The van der Waals surface area contributed by atoms with Crippen molar-refractivity contribution in [3.05, 3.63) is 54.0 Å². The Morgan fingerprint density at radius 3 is 2.42 bits per heavy atom. The number of piperidine rings is 1. The van der Waals surface area contributed by atoms with Gasteiger partial charge in [0.05, 0.1) is 24.2 Å². The van der Waals surface area contributed by atoms with Gasteiger partial charge in [-0.15, -0.1) is 0 Å². The number of amides is 1. The number of aromatic nitrogens is 1. The molecule has 1 aromatic heterocycles. The molecule has 2 heterocycles. The maximum atomic E-state index is 13.2. The van der Waals surface area contributed by atoms with Crippen LogP contribution in [0.5, 0.6) is 5.88 Å². The van der Waals surface area contributed by atoms with Crippen LogP contribution in [0.25, 0.3) is 0 Å². The first kappa shape index (κ1) is 23.0. The van der Waals surface area contributed by atoms with E-state index in [4.69, 9.17) is 4.74 Å². The minimum Gasteiger partial charge on any atom is -0.474 e. The average molecular weight is 450 g/mol. The van der Waals surface area contributed by atoms with E-state index in [1.54, 1.807) is 43.0 Å². The van der Waals surface area contributed by atoms with Gasteiger partial charge in [0.25, 0.3) is 0 Å². The van der Waals surface area contributed by atoms with E-state index in [2.05, 4.69) is 4.98 Å². The molecule has 0 spiro atoms. The van der Waals surface area contributed by atoms with Crippen molar-refractivity contribution in [3.63, 3.8) is 0 Å². The van der Waals surface area contributed by atoms with Crippen molar-refractivity contribution >= 4 is 21.6 Å². The smallest absolute Gasteiger partial charge is 0.235 e. The first-order chi connectivity index (χ1) is 14.8. The molecule has 168 valence electrons. The Hall–Kier alpha value is -2.68. The minimum absolute atomic E-state index is 0.00116. The first-order valence-corrected chi connectivity index (χ1v) is 12.0. The first-order valence-electron chi connectivity index (χ1n) is 10.4. The summed E-state index contributed by atoms with van der Waals surface area (Å²) in [5, 5.41) is 0. The summed E-state index contributed by atoms with van der Waals surface area (Å²) in [6.07, 6.45) is 3.38. The summed E-state index contributed by atoms with van der Waals surface area (Å²) >= 11 is 0. The Morgan fingerprint density at radius 1 is 1.19 bits per heavy atom. The van der Waals surface area contributed by atoms with Gasteiger partial charge in [-0.2, -0.15) is 0 Å². The molecule has 2 aromatic rings. The van der Waals surface area contributed by atoms with E-state index in [1.165, 1.54) is 22.6 Å². The number of rotatable bonds is 8. The van der Waals surface area contributed by atoms with E-state index in [0.717, 1.165) is 12.8 Å². The van der Waals surface area contributed by atoms with Gasteiger partial charge in [-0.3, -0.25) is 9.10 Å². The Bertz CT molecular complexity index is 973. The highest BCUT2D eigenvalue weighted by Gasteiger charge is 2.24. The fourth-order valence-corrected chi connectivity index (χ4v) is 5.03. The van der Waals surface area contributed by atoms with Crippen LogP contribution in [0.3, 0.4) is 0 Å². The number of carbonyl (C=O) groups is 1. The van der Waals surface area contributed by atoms with Crippen molar-refractivity contribution < 1.29 is 22.3 Å². The lowest BCUT2D eigenvalue weighted by Crippen LogP contribution is -2.40. The number of ether oxygens (including phenoxy) is 1. The second-order valence-corrected chi connectivity index (χ2v) is 9.64. The van der Waals surface area contributed by atoms with Crippen molar-refractivity contribution in [2.24, 2.45) is 0 Å². The second kappa shape index (κ2) is 10.1. The number of carbonyl (C=O) groups excluding carboxylic acids is 1. The van der Waals surface area contributed by atoms with Crippen molar-refractivity contribution in [1.29, 1.82) is 0 Å². The van der Waals surface area contributed by atoms with Crippen LogP contribution >= 0.6 is 0 Å². The van der Waals surface area contributed by atoms with Crippen molar-refractivity contribution in [1.82, 2.24) is 9.88 Å². The molecule has 0 radical (unpaired) electrons. The summed E-state index contributed by atoms with van der Waals surface area (Å²) in [4.78, 5) is 17.5.